The Morgan fingerprint density at radius 3 is 2.41 bits per heavy atom. The van der Waals surface area contributed by atoms with Crippen molar-refractivity contribution in [1.82, 2.24) is 20.0 Å². The molecule has 3 aliphatic heterocycles. The third-order valence-electron chi connectivity index (χ3n) is 5.86. The van der Waals surface area contributed by atoms with Crippen LogP contribution in [-0.2, 0) is 16.1 Å². The van der Waals surface area contributed by atoms with Gasteiger partial charge >= 0.3 is 0 Å². The van der Waals surface area contributed by atoms with Gasteiger partial charge in [0, 0.05) is 52.2 Å². The number of carbonyl (C=O) groups excluding carboxylic acids is 4. The number of hydrogen-bond donors (Lipinski definition) is 2. The Morgan fingerprint density at radius 1 is 1.00 bits per heavy atom. The summed E-state index contributed by atoms with van der Waals surface area (Å²) in [7, 11) is 0. The van der Waals surface area contributed by atoms with Crippen LogP contribution in [0.4, 0.5) is 0 Å². The molecule has 0 aliphatic carbocycles. The van der Waals surface area contributed by atoms with E-state index in [4.69, 9.17) is 5.73 Å². The van der Waals surface area contributed by atoms with Gasteiger partial charge in [-0.1, -0.05) is 12.1 Å². The summed E-state index contributed by atoms with van der Waals surface area (Å²) in [5.74, 6) is -1.88. The second-order valence-corrected chi connectivity index (χ2v) is 7.69. The molecule has 3 heterocycles. The first kappa shape index (κ1) is 19.7. The third-order valence-corrected chi connectivity index (χ3v) is 5.86. The number of nitrogens with one attached hydrogen (secondary N) is 1. The van der Waals surface area contributed by atoms with Crippen LogP contribution in [0.5, 0.6) is 0 Å². The highest BCUT2D eigenvalue weighted by Crippen LogP contribution is 2.30. The van der Waals surface area contributed by atoms with Crippen molar-refractivity contribution in [1.29, 1.82) is 0 Å². The van der Waals surface area contributed by atoms with Crippen LogP contribution in [0, 0.1) is 0 Å². The van der Waals surface area contributed by atoms with Crippen molar-refractivity contribution in [3.8, 4) is 0 Å². The fourth-order valence-electron chi connectivity index (χ4n) is 4.31. The van der Waals surface area contributed by atoms with Crippen molar-refractivity contribution < 1.29 is 19.2 Å². The van der Waals surface area contributed by atoms with E-state index in [0.29, 0.717) is 24.2 Å². The van der Waals surface area contributed by atoms with Crippen LogP contribution in [0.15, 0.2) is 18.2 Å². The molecule has 1 aromatic rings. The summed E-state index contributed by atoms with van der Waals surface area (Å²) < 4.78 is 0. The molecule has 1 unspecified atom stereocenters. The van der Waals surface area contributed by atoms with E-state index in [1.54, 1.807) is 12.1 Å². The molecule has 1 atom stereocenters. The SMILES string of the molecule is NCCN1CCN(Cc2cccc3c2C(=O)N(C2CCC(=O)NC2=O)C3=O)CC1. The molecule has 0 bridgehead atoms. The maximum absolute atomic E-state index is 13.1. The van der Waals surface area contributed by atoms with Gasteiger partial charge in [0.1, 0.15) is 6.04 Å². The van der Waals surface area contributed by atoms with Gasteiger partial charge < -0.3 is 5.73 Å². The van der Waals surface area contributed by atoms with E-state index >= 15 is 0 Å². The number of imide groups is 2. The molecule has 3 N–H and O–H groups in total. The minimum Gasteiger partial charge on any atom is -0.329 e. The minimum atomic E-state index is -0.937. The van der Waals surface area contributed by atoms with Gasteiger partial charge in [-0.05, 0) is 18.1 Å². The summed E-state index contributed by atoms with van der Waals surface area (Å²) in [6.07, 6.45) is 0.276. The minimum absolute atomic E-state index is 0.115. The normalized spacial score (nSPS) is 23.5. The summed E-state index contributed by atoms with van der Waals surface area (Å²) in [6, 6.07) is 4.33. The van der Waals surface area contributed by atoms with Crippen LogP contribution >= 0.6 is 0 Å². The molecule has 2 fully saturated rings. The lowest BCUT2D eigenvalue weighted by Gasteiger charge is -2.34. The third kappa shape index (κ3) is 3.68. The predicted molar refractivity (Wildman–Crippen MR) is 104 cm³/mol. The van der Waals surface area contributed by atoms with Gasteiger partial charge in [-0.25, -0.2) is 0 Å². The van der Waals surface area contributed by atoms with Gasteiger partial charge in [-0.3, -0.25) is 39.2 Å². The Kier molecular flexibility index (Phi) is 5.44. The van der Waals surface area contributed by atoms with E-state index in [1.807, 2.05) is 6.07 Å². The van der Waals surface area contributed by atoms with Crippen LogP contribution in [-0.4, -0.2) is 83.6 Å². The van der Waals surface area contributed by atoms with Gasteiger partial charge in [0.25, 0.3) is 11.8 Å². The van der Waals surface area contributed by atoms with E-state index in [1.165, 1.54) is 0 Å². The molecule has 0 radical (unpaired) electrons. The number of nitrogens with two attached hydrogens (primary N) is 1. The van der Waals surface area contributed by atoms with Gasteiger partial charge in [0.05, 0.1) is 11.1 Å². The number of benzene rings is 1. The first-order valence-electron chi connectivity index (χ1n) is 9.98. The van der Waals surface area contributed by atoms with E-state index in [0.717, 1.165) is 43.2 Å². The molecule has 1 aromatic carbocycles. The zero-order chi connectivity index (χ0) is 20.5. The maximum Gasteiger partial charge on any atom is 0.262 e. The molecule has 4 rings (SSSR count). The Labute approximate surface area is 168 Å². The molecule has 2 saturated heterocycles. The first-order chi connectivity index (χ1) is 14.0. The van der Waals surface area contributed by atoms with E-state index in [-0.39, 0.29) is 18.7 Å². The number of carbonyl (C=O) groups is 4. The average molecular weight is 399 g/mol. The molecule has 9 nitrogen and oxygen atoms in total. The fraction of sp³-hybridized carbons (Fsp3) is 0.500. The van der Waals surface area contributed by atoms with Gasteiger partial charge in [-0.2, -0.15) is 0 Å². The second-order valence-electron chi connectivity index (χ2n) is 7.69. The lowest BCUT2D eigenvalue weighted by molar-refractivity contribution is -0.136. The summed E-state index contributed by atoms with van der Waals surface area (Å²) >= 11 is 0. The molecule has 29 heavy (non-hydrogen) atoms. The average Bonchev–Trinajstić information content (AvgIpc) is 2.95. The molecule has 0 saturated carbocycles. The predicted octanol–water partition coefficient (Wildman–Crippen LogP) is -0.836. The smallest absolute Gasteiger partial charge is 0.262 e. The number of rotatable bonds is 5. The highest BCUT2D eigenvalue weighted by Gasteiger charge is 2.45. The number of amides is 4. The highest BCUT2D eigenvalue weighted by molar-refractivity contribution is 6.24. The Bertz CT molecular complexity index is 862. The summed E-state index contributed by atoms with van der Waals surface area (Å²) in [5.41, 5.74) is 7.13. The van der Waals surface area contributed by atoms with Gasteiger partial charge in [0.2, 0.25) is 11.8 Å². The molecule has 0 spiro atoms. The number of hydrogen-bond acceptors (Lipinski definition) is 7. The van der Waals surface area contributed by atoms with Crippen molar-refractivity contribution in [2.24, 2.45) is 5.73 Å². The van der Waals surface area contributed by atoms with E-state index < -0.39 is 23.8 Å². The van der Waals surface area contributed by atoms with Crippen molar-refractivity contribution >= 4 is 23.6 Å². The molecule has 3 aliphatic rings. The van der Waals surface area contributed by atoms with Crippen LogP contribution in [0.2, 0.25) is 0 Å². The first-order valence-corrected chi connectivity index (χ1v) is 9.98. The molecule has 154 valence electrons. The highest BCUT2D eigenvalue weighted by atomic mass is 16.2. The van der Waals surface area contributed by atoms with Crippen molar-refractivity contribution in [2.75, 3.05) is 39.3 Å². The molecular weight excluding hydrogens is 374 g/mol. The van der Waals surface area contributed by atoms with Crippen LogP contribution in [0.3, 0.4) is 0 Å². The van der Waals surface area contributed by atoms with Gasteiger partial charge in [0.15, 0.2) is 0 Å². The Hall–Kier alpha value is -2.62. The van der Waals surface area contributed by atoms with Crippen molar-refractivity contribution in [2.45, 2.75) is 25.4 Å². The van der Waals surface area contributed by atoms with Crippen molar-refractivity contribution in [3.05, 3.63) is 34.9 Å². The summed E-state index contributed by atoms with van der Waals surface area (Å²) in [4.78, 5) is 55.3. The Balaban J connectivity index is 1.52. The van der Waals surface area contributed by atoms with Crippen LogP contribution in [0.25, 0.3) is 0 Å². The molecule has 0 aromatic heterocycles. The number of piperidine rings is 1. The van der Waals surface area contributed by atoms with E-state index in [2.05, 4.69) is 15.1 Å². The second kappa shape index (κ2) is 8.02. The standard InChI is InChI=1S/C20H25N5O4/c21-6-7-23-8-10-24(11-9-23)12-13-2-1-3-14-17(13)20(29)25(19(14)28)15-4-5-16(26)22-18(15)27/h1-3,15H,4-12,21H2,(H,22,26,27). The maximum atomic E-state index is 13.1. The molecular formula is C20H25N5O4. The fourth-order valence-corrected chi connectivity index (χ4v) is 4.31. The summed E-state index contributed by atoms with van der Waals surface area (Å²) in [5, 5.41) is 2.22. The number of fused-ring (bicyclic) bond motifs is 1. The number of nitrogens with zero attached hydrogens (tertiary/aromatic N) is 3. The molecule has 9 heteroatoms. The van der Waals surface area contributed by atoms with Gasteiger partial charge in [-0.15, -0.1) is 0 Å². The zero-order valence-corrected chi connectivity index (χ0v) is 16.2. The monoisotopic (exact) mass is 399 g/mol. The van der Waals surface area contributed by atoms with E-state index in [9.17, 15) is 19.2 Å². The Morgan fingerprint density at radius 2 is 1.72 bits per heavy atom. The topological polar surface area (TPSA) is 116 Å². The summed E-state index contributed by atoms with van der Waals surface area (Å²) in [6.45, 7) is 5.65. The van der Waals surface area contributed by atoms with Crippen molar-refractivity contribution in [3.63, 3.8) is 0 Å². The largest absolute Gasteiger partial charge is 0.329 e. The van der Waals surface area contributed by atoms with Crippen LogP contribution in [0.1, 0.15) is 39.1 Å². The quantitative estimate of drug-likeness (QED) is 0.621. The lowest BCUT2D eigenvalue weighted by atomic mass is 10.0. The number of piperazine rings is 1. The molecule has 4 amide bonds. The van der Waals surface area contributed by atoms with Crippen LogP contribution < -0.4 is 11.1 Å². The zero-order valence-electron chi connectivity index (χ0n) is 16.2. The lowest BCUT2D eigenvalue weighted by Crippen LogP contribution is -2.54.